The number of carbonyl (C=O) groups excluding carboxylic acids is 1. The number of anilines is 1. The summed E-state index contributed by atoms with van der Waals surface area (Å²) >= 11 is 6.10. The van der Waals surface area contributed by atoms with Crippen molar-refractivity contribution in [3.63, 3.8) is 0 Å². The summed E-state index contributed by atoms with van der Waals surface area (Å²) in [7, 11) is -3.99. The van der Waals surface area contributed by atoms with Gasteiger partial charge in [-0.1, -0.05) is 74.3 Å². The second kappa shape index (κ2) is 10.4. The van der Waals surface area contributed by atoms with Crippen molar-refractivity contribution in [3.8, 4) is 0 Å². The van der Waals surface area contributed by atoms with E-state index in [1.807, 2.05) is 26.0 Å². The third kappa shape index (κ3) is 6.44. The van der Waals surface area contributed by atoms with Gasteiger partial charge in [0, 0.05) is 5.02 Å². The van der Waals surface area contributed by atoms with Crippen molar-refractivity contribution in [1.29, 1.82) is 0 Å². The quantitative estimate of drug-likeness (QED) is 0.402. The maximum atomic E-state index is 13.6. The Bertz CT molecular complexity index is 1300. The molecule has 0 radical (unpaired) electrons. The second-order valence-corrected chi connectivity index (χ2v) is 12.2. The number of hydrogen-bond donors (Lipinski definition) is 1. The summed E-state index contributed by atoms with van der Waals surface area (Å²) in [5, 5.41) is 3.44. The SMILES string of the molecule is Cc1ccc(S(=O)(=O)N(CC(=O)NC(C)c2ccc(C(C)(C)C)cc2)c2ccc(Cl)cc2C)cc1. The Morgan fingerprint density at radius 1 is 0.971 bits per heavy atom. The fraction of sp³-hybridized carbons (Fsp3) is 0.321. The van der Waals surface area contributed by atoms with E-state index in [0.717, 1.165) is 15.4 Å². The topological polar surface area (TPSA) is 66.5 Å². The van der Waals surface area contributed by atoms with Gasteiger partial charge in [0.05, 0.1) is 16.6 Å². The van der Waals surface area contributed by atoms with Crippen LogP contribution in [-0.2, 0) is 20.2 Å². The Balaban J connectivity index is 1.88. The molecule has 0 bridgehead atoms. The largest absolute Gasteiger partial charge is 0.348 e. The summed E-state index contributed by atoms with van der Waals surface area (Å²) in [6, 6.07) is 19.4. The molecule has 1 atom stereocenters. The Kier molecular flexibility index (Phi) is 7.97. The Morgan fingerprint density at radius 2 is 1.57 bits per heavy atom. The molecular formula is C28H33ClN2O3S. The summed E-state index contributed by atoms with van der Waals surface area (Å²) in [6.45, 7) is 11.6. The van der Waals surface area contributed by atoms with E-state index in [0.29, 0.717) is 16.3 Å². The van der Waals surface area contributed by atoms with Gasteiger partial charge in [0.2, 0.25) is 5.91 Å². The van der Waals surface area contributed by atoms with Gasteiger partial charge in [0.1, 0.15) is 6.54 Å². The molecule has 1 N–H and O–H groups in total. The molecule has 0 aliphatic carbocycles. The minimum Gasteiger partial charge on any atom is -0.348 e. The molecule has 3 aromatic rings. The number of halogens is 1. The third-order valence-electron chi connectivity index (χ3n) is 5.98. The molecule has 0 heterocycles. The lowest BCUT2D eigenvalue weighted by atomic mass is 9.86. The highest BCUT2D eigenvalue weighted by atomic mass is 35.5. The third-order valence-corrected chi connectivity index (χ3v) is 7.99. The number of nitrogens with zero attached hydrogens (tertiary/aromatic N) is 1. The zero-order chi connectivity index (χ0) is 26.0. The van der Waals surface area contributed by atoms with Crippen molar-refractivity contribution in [3.05, 3.63) is 94.0 Å². The van der Waals surface area contributed by atoms with Gasteiger partial charge in [0.15, 0.2) is 0 Å². The van der Waals surface area contributed by atoms with Crippen LogP contribution in [0.25, 0.3) is 0 Å². The molecule has 7 heteroatoms. The van der Waals surface area contributed by atoms with Gasteiger partial charge in [0.25, 0.3) is 10.0 Å². The van der Waals surface area contributed by atoms with Crippen LogP contribution in [0.15, 0.2) is 71.6 Å². The molecule has 0 fully saturated rings. The van der Waals surface area contributed by atoms with Crippen LogP contribution in [0.4, 0.5) is 5.69 Å². The molecule has 0 aliphatic heterocycles. The maximum Gasteiger partial charge on any atom is 0.264 e. The summed E-state index contributed by atoms with van der Waals surface area (Å²) in [6.07, 6.45) is 0. The lowest BCUT2D eigenvalue weighted by Crippen LogP contribution is -2.42. The van der Waals surface area contributed by atoms with Crippen LogP contribution in [0.3, 0.4) is 0 Å². The number of carbonyl (C=O) groups is 1. The number of aryl methyl sites for hydroxylation is 2. The molecule has 1 unspecified atom stereocenters. The molecule has 35 heavy (non-hydrogen) atoms. The summed E-state index contributed by atoms with van der Waals surface area (Å²) in [5.74, 6) is -0.401. The highest BCUT2D eigenvalue weighted by molar-refractivity contribution is 7.92. The minimum absolute atomic E-state index is 0.0340. The van der Waals surface area contributed by atoms with E-state index in [-0.39, 0.29) is 22.9 Å². The summed E-state index contributed by atoms with van der Waals surface area (Å²) in [4.78, 5) is 13.2. The number of benzene rings is 3. The van der Waals surface area contributed by atoms with Gasteiger partial charge < -0.3 is 5.32 Å². The van der Waals surface area contributed by atoms with E-state index in [4.69, 9.17) is 11.6 Å². The maximum absolute atomic E-state index is 13.6. The number of nitrogens with one attached hydrogen (secondary N) is 1. The molecule has 0 saturated carbocycles. The van der Waals surface area contributed by atoms with Gasteiger partial charge in [-0.3, -0.25) is 9.10 Å². The number of hydrogen-bond acceptors (Lipinski definition) is 3. The fourth-order valence-electron chi connectivity index (χ4n) is 3.81. The van der Waals surface area contributed by atoms with Gasteiger partial charge in [-0.15, -0.1) is 0 Å². The summed E-state index contributed by atoms with van der Waals surface area (Å²) in [5.41, 5.74) is 4.20. The van der Waals surface area contributed by atoms with Crippen molar-refractivity contribution in [2.75, 3.05) is 10.8 Å². The Morgan fingerprint density at radius 3 is 2.11 bits per heavy atom. The van der Waals surface area contributed by atoms with Crippen LogP contribution in [-0.4, -0.2) is 20.9 Å². The van der Waals surface area contributed by atoms with Crippen LogP contribution in [0.5, 0.6) is 0 Å². The predicted octanol–water partition coefficient (Wildman–Crippen LogP) is 6.33. The van der Waals surface area contributed by atoms with E-state index in [9.17, 15) is 13.2 Å². The van der Waals surface area contributed by atoms with E-state index in [1.54, 1.807) is 49.4 Å². The molecule has 186 valence electrons. The molecule has 0 spiro atoms. The smallest absolute Gasteiger partial charge is 0.264 e. The first-order valence-electron chi connectivity index (χ1n) is 11.5. The van der Waals surface area contributed by atoms with Crippen LogP contribution < -0.4 is 9.62 Å². The monoisotopic (exact) mass is 512 g/mol. The highest BCUT2D eigenvalue weighted by Gasteiger charge is 2.29. The molecule has 0 aliphatic rings. The average molecular weight is 513 g/mol. The van der Waals surface area contributed by atoms with Crippen molar-refractivity contribution in [2.24, 2.45) is 0 Å². The normalized spacial score (nSPS) is 12.8. The number of rotatable bonds is 7. The van der Waals surface area contributed by atoms with Crippen molar-refractivity contribution >= 4 is 33.2 Å². The zero-order valence-electron chi connectivity index (χ0n) is 21.1. The van der Waals surface area contributed by atoms with Crippen molar-refractivity contribution in [2.45, 2.75) is 57.9 Å². The van der Waals surface area contributed by atoms with Crippen LogP contribution >= 0.6 is 11.6 Å². The first kappa shape index (κ1) is 26.8. The van der Waals surface area contributed by atoms with Crippen LogP contribution in [0.2, 0.25) is 5.02 Å². The molecular weight excluding hydrogens is 480 g/mol. The fourth-order valence-corrected chi connectivity index (χ4v) is 5.52. The first-order valence-corrected chi connectivity index (χ1v) is 13.4. The van der Waals surface area contributed by atoms with E-state index in [2.05, 4.69) is 38.2 Å². The van der Waals surface area contributed by atoms with Gasteiger partial charge in [-0.05, 0) is 73.2 Å². The molecule has 1 amide bonds. The van der Waals surface area contributed by atoms with Crippen molar-refractivity contribution in [1.82, 2.24) is 5.32 Å². The molecule has 5 nitrogen and oxygen atoms in total. The standard InChI is InChI=1S/C28H33ClN2O3S/c1-19-7-14-25(15-8-19)35(33,34)31(26-16-13-24(29)17-20(26)2)18-27(32)30-21(3)22-9-11-23(12-10-22)28(4,5)6/h7-17,21H,18H2,1-6H3,(H,30,32). The Labute approximate surface area is 214 Å². The van der Waals surface area contributed by atoms with Crippen LogP contribution in [0.1, 0.15) is 56.0 Å². The lowest BCUT2D eigenvalue weighted by molar-refractivity contribution is -0.120. The van der Waals surface area contributed by atoms with E-state index in [1.165, 1.54) is 5.56 Å². The highest BCUT2D eigenvalue weighted by Crippen LogP contribution is 2.29. The van der Waals surface area contributed by atoms with Crippen molar-refractivity contribution < 1.29 is 13.2 Å². The second-order valence-electron chi connectivity index (χ2n) is 9.92. The van der Waals surface area contributed by atoms with E-state index < -0.39 is 15.9 Å². The van der Waals surface area contributed by atoms with Crippen LogP contribution in [0, 0.1) is 13.8 Å². The minimum atomic E-state index is -3.99. The Hall–Kier alpha value is -2.83. The zero-order valence-corrected chi connectivity index (χ0v) is 22.7. The molecule has 3 aromatic carbocycles. The summed E-state index contributed by atoms with van der Waals surface area (Å²) < 4.78 is 28.4. The molecule has 3 rings (SSSR count). The van der Waals surface area contributed by atoms with Gasteiger partial charge in [-0.25, -0.2) is 8.42 Å². The first-order chi connectivity index (χ1) is 16.3. The van der Waals surface area contributed by atoms with Gasteiger partial charge >= 0.3 is 0 Å². The predicted molar refractivity (Wildman–Crippen MR) is 144 cm³/mol. The average Bonchev–Trinajstić information content (AvgIpc) is 2.77. The van der Waals surface area contributed by atoms with E-state index >= 15 is 0 Å². The molecule has 0 aromatic heterocycles. The number of sulfonamides is 1. The van der Waals surface area contributed by atoms with Gasteiger partial charge in [-0.2, -0.15) is 0 Å². The molecule has 0 saturated heterocycles. The number of amides is 1. The lowest BCUT2D eigenvalue weighted by Gasteiger charge is -2.27.